The van der Waals surface area contributed by atoms with E-state index in [1.807, 2.05) is 12.2 Å². The van der Waals surface area contributed by atoms with Crippen molar-refractivity contribution in [3.63, 3.8) is 0 Å². The van der Waals surface area contributed by atoms with E-state index in [2.05, 4.69) is 0 Å². The van der Waals surface area contributed by atoms with Crippen molar-refractivity contribution in [2.75, 3.05) is 0 Å². The van der Waals surface area contributed by atoms with Crippen LogP contribution < -0.4 is 5.63 Å². The van der Waals surface area contributed by atoms with Gasteiger partial charge in [-0.05, 0) is 12.5 Å². The van der Waals surface area contributed by atoms with Crippen LogP contribution in [0.3, 0.4) is 0 Å². The van der Waals surface area contributed by atoms with Gasteiger partial charge in [0.15, 0.2) is 0 Å². The molecule has 1 heterocycles. The van der Waals surface area contributed by atoms with Gasteiger partial charge < -0.3 is 14.6 Å². The van der Waals surface area contributed by atoms with Gasteiger partial charge in [-0.25, -0.2) is 4.79 Å². The molecule has 4 nitrogen and oxygen atoms in total. The number of phenols is 2. The van der Waals surface area contributed by atoms with Crippen molar-refractivity contribution in [1.82, 2.24) is 0 Å². The fourth-order valence-corrected chi connectivity index (χ4v) is 2.82. The number of fused-ring (bicyclic) bond motifs is 1. The van der Waals surface area contributed by atoms with Gasteiger partial charge in [0.25, 0.3) is 0 Å². The van der Waals surface area contributed by atoms with Crippen LogP contribution in [0.2, 0.25) is 0 Å². The Balaban J connectivity index is 2.40. The molecule has 0 bridgehead atoms. The van der Waals surface area contributed by atoms with E-state index in [-0.39, 0.29) is 17.1 Å². The topological polar surface area (TPSA) is 70.7 Å². The maximum absolute atomic E-state index is 12.3. The Morgan fingerprint density at radius 3 is 2.76 bits per heavy atom. The molecule has 0 atom stereocenters. The van der Waals surface area contributed by atoms with E-state index in [9.17, 15) is 15.0 Å². The maximum Gasteiger partial charge on any atom is 0.344 e. The average Bonchev–Trinajstić information content (AvgIpc) is 2.39. The van der Waals surface area contributed by atoms with Gasteiger partial charge in [-0.15, -0.1) is 0 Å². The Labute approximate surface area is 125 Å². The summed E-state index contributed by atoms with van der Waals surface area (Å²) in [7, 11) is 0. The molecule has 2 aromatic rings. The van der Waals surface area contributed by atoms with Crippen LogP contribution >= 0.6 is 12.2 Å². The molecular weight excluding hydrogens is 288 g/mol. The first-order valence-corrected chi connectivity index (χ1v) is 6.79. The number of aryl methyl sites for hydroxylation is 1. The molecule has 2 N–H and O–H groups in total. The number of benzene rings is 1. The Hall–Kier alpha value is -2.40. The van der Waals surface area contributed by atoms with Crippen molar-refractivity contribution in [3.8, 4) is 11.5 Å². The number of hydrogen-bond acceptors (Lipinski definition) is 5. The lowest BCUT2D eigenvalue weighted by atomic mass is 9.93. The van der Waals surface area contributed by atoms with E-state index < -0.39 is 5.63 Å². The molecule has 0 saturated heterocycles. The van der Waals surface area contributed by atoms with E-state index in [0.29, 0.717) is 33.4 Å². The Morgan fingerprint density at radius 2 is 2.05 bits per heavy atom. The molecule has 0 radical (unpaired) electrons. The van der Waals surface area contributed by atoms with Gasteiger partial charge in [0.2, 0.25) is 0 Å². The van der Waals surface area contributed by atoms with Gasteiger partial charge in [-0.1, -0.05) is 30.4 Å². The van der Waals surface area contributed by atoms with Crippen molar-refractivity contribution in [1.29, 1.82) is 0 Å². The number of hydrogen-bond donors (Lipinski definition) is 2. The highest BCUT2D eigenvalue weighted by molar-refractivity contribution is 7.81. The summed E-state index contributed by atoms with van der Waals surface area (Å²) < 4.78 is 5.24. The number of thiocarbonyl (C=S) groups is 1. The summed E-state index contributed by atoms with van der Waals surface area (Å²) in [6.07, 6.45) is 6.12. The molecule has 1 aliphatic carbocycles. The quantitative estimate of drug-likeness (QED) is 0.625. The molecule has 0 unspecified atom stereocenters. The summed E-state index contributed by atoms with van der Waals surface area (Å²) in [6.45, 7) is 1.73. The molecule has 1 aromatic heterocycles. The van der Waals surface area contributed by atoms with Crippen LogP contribution in [0.25, 0.3) is 16.5 Å². The lowest BCUT2D eigenvalue weighted by Crippen LogP contribution is -2.14. The smallest absolute Gasteiger partial charge is 0.344 e. The Kier molecular flexibility index (Phi) is 3.14. The summed E-state index contributed by atoms with van der Waals surface area (Å²) >= 11 is 5.30. The Morgan fingerprint density at radius 1 is 1.29 bits per heavy atom. The third-order valence-electron chi connectivity index (χ3n) is 3.49. The summed E-state index contributed by atoms with van der Waals surface area (Å²) in [5.74, 6) is -0.295. The molecule has 0 saturated carbocycles. The van der Waals surface area contributed by atoms with Crippen LogP contribution in [-0.2, 0) is 0 Å². The minimum absolute atomic E-state index is 0.134. The highest BCUT2D eigenvalue weighted by Gasteiger charge is 2.20. The number of phenolic OH excluding ortho intramolecular Hbond substituents is 2. The van der Waals surface area contributed by atoms with Gasteiger partial charge in [-0.3, -0.25) is 0 Å². The average molecular weight is 300 g/mol. The van der Waals surface area contributed by atoms with Gasteiger partial charge >= 0.3 is 5.63 Å². The second-order valence-electron chi connectivity index (χ2n) is 4.86. The minimum Gasteiger partial charge on any atom is -0.508 e. The molecule has 1 aromatic carbocycles. The number of aromatic hydroxyl groups is 2. The number of allylic oxidation sites excluding steroid dienone is 4. The first kappa shape index (κ1) is 13.6. The molecule has 106 valence electrons. The molecule has 0 amide bonds. The van der Waals surface area contributed by atoms with Crippen molar-refractivity contribution >= 4 is 33.6 Å². The van der Waals surface area contributed by atoms with E-state index in [1.165, 1.54) is 12.1 Å². The van der Waals surface area contributed by atoms with E-state index in [4.69, 9.17) is 16.6 Å². The molecule has 1 aliphatic rings. The molecule has 21 heavy (non-hydrogen) atoms. The van der Waals surface area contributed by atoms with E-state index in [0.717, 1.165) is 0 Å². The monoisotopic (exact) mass is 300 g/mol. The second kappa shape index (κ2) is 4.86. The molecular formula is C16H12O4S. The third-order valence-corrected chi connectivity index (χ3v) is 3.88. The molecule has 0 spiro atoms. The maximum atomic E-state index is 12.3. The predicted octanol–water partition coefficient (Wildman–Crippen LogP) is 3.23. The van der Waals surface area contributed by atoms with E-state index >= 15 is 0 Å². The largest absolute Gasteiger partial charge is 0.508 e. The van der Waals surface area contributed by atoms with Gasteiger partial charge in [-0.2, -0.15) is 0 Å². The zero-order chi connectivity index (χ0) is 15.1. The lowest BCUT2D eigenvalue weighted by Gasteiger charge is -2.14. The molecule has 0 aliphatic heterocycles. The molecule has 5 heteroatoms. The lowest BCUT2D eigenvalue weighted by molar-refractivity contribution is 0.451. The minimum atomic E-state index is -0.533. The number of rotatable bonds is 1. The van der Waals surface area contributed by atoms with E-state index in [1.54, 1.807) is 13.0 Å². The third kappa shape index (κ3) is 2.15. The summed E-state index contributed by atoms with van der Waals surface area (Å²) in [5, 5.41) is 19.9. The Bertz CT molecular complexity index is 887. The highest BCUT2D eigenvalue weighted by atomic mass is 32.1. The van der Waals surface area contributed by atoms with Crippen LogP contribution in [0.5, 0.6) is 11.5 Å². The predicted molar refractivity (Wildman–Crippen MR) is 84.9 cm³/mol. The summed E-state index contributed by atoms with van der Waals surface area (Å²) in [4.78, 5) is 12.9. The van der Waals surface area contributed by atoms with Gasteiger partial charge in [0.05, 0.1) is 10.9 Å². The van der Waals surface area contributed by atoms with Gasteiger partial charge in [0.1, 0.15) is 17.1 Å². The van der Waals surface area contributed by atoms with Crippen LogP contribution in [-0.4, -0.2) is 15.1 Å². The van der Waals surface area contributed by atoms with Crippen LogP contribution in [0.4, 0.5) is 0 Å². The fraction of sp³-hybridized carbons (Fsp3) is 0.125. The van der Waals surface area contributed by atoms with Crippen molar-refractivity contribution in [3.05, 3.63) is 51.9 Å². The zero-order valence-corrected chi connectivity index (χ0v) is 12.0. The zero-order valence-electron chi connectivity index (χ0n) is 11.2. The first-order valence-electron chi connectivity index (χ1n) is 6.39. The normalized spacial score (nSPS) is 14.5. The van der Waals surface area contributed by atoms with Crippen LogP contribution in [0.1, 0.15) is 17.5 Å². The molecule has 3 rings (SSSR count). The SMILES string of the molecule is Cc1c(C2=CC=CCC2=S)c(=O)oc2cc(O)cc(O)c12. The second-order valence-corrected chi connectivity index (χ2v) is 5.36. The van der Waals surface area contributed by atoms with Crippen LogP contribution in [0, 0.1) is 6.92 Å². The van der Waals surface area contributed by atoms with Crippen LogP contribution in [0.15, 0.2) is 39.6 Å². The van der Waals surface area contributed by atoms with Crippen molar-refractivity contribution in [2.24, 2.45) is 0 Å². The summed E-state index contributed by atoms with van der Waals surface area (Å²) in [5.41, 5.74) is 1.21. The fourth-order valence-electron chi connectivity index (χ4n) is 2.55. The molecule has 0 fully saturated rings. The summed E-state index contributed by atoms with van der Waals surface area (Å²) in [6, 6.07) is 2.52. The van der Waals surface area contributed by atoms with Crippen molar-refractivity contribution in [2.45, 2.75) is 13.3 Å². The standard InChI is InChI=1S/C16H12O4S/c1-8-14(10-4-2-3-5-13(10)21)16(19)20-12-7-9(17)6-11(18)15(8)12/h2-4,6-7,17-18H,5H2,1H3. The van der Waals surface area contributed by atoms with Crippen molar-refractivity contribution < 1.29 is 14.6 Å². The highest BCUT2D eigenvalue weighted by Crippen LogP contribution is 2.34. The van der Waals surface area contributed by atoms with Gasteiger partial charge in [0, 0.05) is 29.0 Å². The first-order chi connectivity index (χ1) is 9.99.